The molecule has 5 nitrogen and oxygen atoms in total. The zero-order valence-corrected chi connectivity index (χ0v) is 13.9. The molecule has 2 rings (SSSR count). The largest absolute Gasteiger partial charge is 0.544 e. The van der Waals surface area contributed by atoms with Crippen molar-refractivity contribution in [3.63, 3.8) is 0 Å². The molecule has 6 heteroatoms. The molecule has 0 aliphatic carbocycles. The van der Waals surface area contributed by atoms with Crippen molar-refractivity contribution in [3.05, 3.63) is 65.5 Å². The van der Waals surface area contributed by atoms with Gasteiger partial charge >= 0.3 is 0 Å². The molecule has 0 aromatic heterocycles. The van der Waals surface area contributed by atoms with Crippen molar-refractivity contribution in [1.29, 1.82) is 0 Å². The molecule has 0 aliphatic heterocycles. The molecule has 2 aromatic rings. The summed E-state index contributed by atoms with van der Waals surface area (Å²) in [7, 11) is 0. The fraction of sp³-hybridized carbons (Fsp3) is 0.263. The van der Waals surface area contributed by atoms with Crippen molar-refractivity contribution < 1.29 is 29.1 Å². The van der Waals surface area contributed by atoms with Crippen LogP contribution in [-0.2, 0) is 11.3 Å². The maximum Gasteiger partial charge on any atom is 0.169 e. The molecule has 0 heterocycles. The number of hydrogen-bond acceptors (Lipinski definition) is 4. The summed E-state index contributed by atoms with van der Waals surface area (Å²) < 4.78 is 18.2. The Kier molecular flexibility index (Phi) is 6.65. The van der Waals surface area contributed by atoms with Crippen LogP contribution in [0.15, 0.2) is 48.5 Å². The van der Waals surface area contributed by atoms with E-state index in [1.54, 1.807) is 36.4 Å². The van der Waals surface area contributed by atoms with E-state index >= 15 is 0 Å². The molecule has 25 heavy (non-hydrogen) atoms. The number of rotatable bonds is 9. The number of Topliss-reactive ketones (excluding diaryl/α,β-unsaturated/α-hetero) is 1. The number of aliphatic carboxylic acids is 1. The molecule has 0 saturated carbocycles. The van der Waals surface area contributed by atoms with Crippen molar-refractivity contribution in [2.45, 2.75) is 25.9 Å². The Balaban J connectivity index is 1.96. The average molecular weight is 345 g/mol. The Morgan fingerprint density at radius 3 is 2.32 bits per heavy atom. The highest BCUT2D eigenvalue weighted by atomic mass is 19.1. The van der Waals surface area contributed by atoms with Gasteiger partial charge in [0.15, 0.2) is 5.78 Å². The number of benzene rings is 2. The molecule has 0 aliphatic rings. The highest BCUT2D eigenvalue weighted by molar-refractivity contribution is 5.98. The second-order valence-corrected chi connectivity index (χ2v) is 5.58. The molecular weight excluding hydrogens is 325 g/mol. The topological polar surface area (TPSA) is 83.0 Å². The van der Waals surface area contributed by atoms with Crippen molar-refractivity contribution in [2.75, 3.05) is 6.61 Å². The fourth-order valence-electron chi connectivity index (χ4n) is 2.38. The Labute approximate surface area is 145 Å². The first-order valence-corrected chi connectivity index (χ1v) is 8.04. The molecule has 0 saturated heterocycles. The van der Waals surface area contributed by atoms with Crippen LogP contribution >= 0.6 is 0 Å². The van der Waals surface area contributed by atoms with Crippen LogP contribution in [0.5, 0.6) is 5.75 Å². The summed E-state index contributed by atoms with van der Waals surface area (Å²) in [6.45, 7) is 2.70. The third-order valence-corrected chi connectivity index (χ3v) is 3.75. The summed E-state index contributed by atoms with van der Waals surface area (Å²) in [5, 5.41) is 12.8. The summed E-state index contributed by atoms with van der Waals surface area (Å²) in [4.78, 5) is 23.6. The van der Waals surface area contributed by atoms with Crippen LogP contribution in [0.2, 0.25) is 0 Å². The lowest BCUT2D eigenvalue weighted by Crippen LogP contribution is -2.92. The van der Waals surface area contributed by atoms with Crippen molar-refractivity contribution in [2.24, 2.45) is 0 Å². The van der Waals surface area contributed by atoms with Gasteiger partial charge in [0.1, 0.15) is 24.2 Å². The van der Waals surface area contributed by atoms with Gasteiger partial charge in [0.05, 0.1) is 19.0 Å². The summed E-state index contributed by atoms with van der Waals surface area (Å²) in [6.07, 6.45) is -0.183. The predicted octanol–water partition coefficient (Wildman–Crippen LogP) is 0.679. The van der Waals surface area contributed by atoms with Crippen LogP contribution in [0.25, 0.3) is 0 Å². The average Bonchev–Trinajstić information content (AvgIpc) is 2.60. The van der Waals surface area contributed by atoms with E-state index in [-0.39, 0.29) is 18.0 Å². The molecule has 132 valence electrons. The van der Waals surface area contributed by atoms with E-state index in [2.05, 4.69) is 0 Å². The third-order valence-electron chi connectivity index (χ3n) is 3.75. The second kappa shape index (κ2) is 8.94. The maximum atomic E-state index is 12.9. The van der Waals surface area contributed by atoms with E-state index in [1.807, 2.05) is 6.92 Å². The highest BCUT2D eigenvalue weighted by Crippen LogP contribution is 2.13. The summed E-state index contributed by atoms with van der Waals surface area (Å²) >= 11 is 0. The van der Waals surface area contributed by atoms with E-state index in [1.165, 1.54) is 17.4 Å². The molecule has 0 bridgehead atoms. The number of hydrogen-bond donors (Lipinski definition) is 1. The van der Waals surface area contributed by atoms with Crippen LogP contribution in [0.1, 0.15) is 29.3 Å². The van der Waals surface area contributed by atoms with Gasteiger partial charge in [-0.3, -0.25) is 4.79 Å². The zero-order valence-electron chi connectivity index (χ0n) is 13.9. The van der Waals surface area contributed by atoms with Crippen LogP contribution in [0.4, 0.5) is 4.39 Å². The third kappa shape index (κ3) is 5.69. The van der Waals surface area contributed by atoms with Gasteiger partial charge in [-0.15, -0.1) is 0 Å². The number of carboxylic acid groups (broad SMARTS) is 1. The maximum absolute atomic E-state index is 12.9. The number of halogens is 1. The number of ether oxygens (including phenoxy) is 1. The van der Waals surface area contributed by atoms with Crippen LogP contribution in [0, 0.1) is 5.82 Å². The number of carbonyl (C=O) groups excluding carboxylic acids is 2. The zero-order chi connectivity index (χ0) is 18.2. The van der Waals surface area contributed by atoms with Crippen molar-refractivity contribution in [1.82, 2.24) is 0 Å². The lowest BCUT2D eigenvalue weighted by molar-refractivity contribution is -0.697. The Hall–Kier alpha value is -2.73. The number of carboxylic acids is 1. The number of quaternary nitrogens is 1. The molecule has 0 unspecified atom stereocenters. The lowest BCUT2D eigenvalue weighted by atomic mass is 10.0. The Morgan fingerprint density at radius 1 is 1.12 bits per heavy atom. The first-order chi connectivity index (χ1) is 12.0. The minimum atomic E-state index is -1.30. The minimum absolute atomic E-state index is 0.183. The molecular formula is C19H20FNO4. The SMILES string of the molecule is CCOc1ccc(C(=O)C[C@H]([NH2+]Cc2ccc(F)cc2)C(=O)[O-])cc1. The van der Waals surface area contributed by atoms with Gasteiger partial charge < -0.3 is 20.0 Å². The Morgan fingerprint density at radius 2 is 1.76 bits per heavy atom. The molecule has 2 N–H and O–H groups in total. The molecule has 0 spiro atoms. The van der Waals surface area contributed by atoms with Crippen LogP contribution in [0.3, 0.4) is 0 Å². The molecule has 0 radical (unpaired) electrons. The number of carbonyl (C=O) groups is 2. The lowest BCUT2D eigenvalue weighted by Gasteiger charge is -2.16. The first kappa shape index (κ1) is 18.6. The monoisotopic (exact) mass is 345 g/mol. The van der Waals surface area contributed by atoms with E-state index < -0.39 is 12.0 Å². The van der Waals surface area contributed by atoms with Crippen LogP contribution < -0.4 is 15.2 Å². The van der Waals surface area contributed by atoms with Gasteiger partial charge in [-0.2, -0.15) is 0 Å². The van der Waals surface area contributed by atoms with E-state index in [4.69, 9.17) is 4.74 Å². The number of nitrogens with two attached hydrogens (primary N) is 1. The second-order valence-electron chi connectivity index (χ2n) is 5.58. The normalized spacial score (nSPS) is 11.8. The standard InChI is InChI=1S/C19H20FNO4/c1-2-25-16-9-5-14(6-10-16)18(22)11-17(19(23)24)21-12-13-3-7-15(20)8-4-13/h3-10,17,21H,2,11-12H2,1H3,(H,23,24)/t17-/m0/s1. The van der Waals surface area contributed by atoms with Gasteiger partial charge in [-0.05, 0) is 43.3 Å². The van der Waals surface area contributed by atoms with Gasteiger partial charge in [0.2, 0.25) is 0 Å². The summed E-state index contributed by atoms with van der Waals surface area (Å²) in [5.74, 6) is -1.29. The van der Waals surface area contributed by atoms with Crippen LogP contribution in [-0.4, -0.2) is 24.4 Å². The van der Waals surface area contributed by atoms with E-state index in [9.17, 15) is 19.1 Å². The number of ketones is 1. The van der Waals surface area contributed by atoms with Gasteiger partial charge in [0, 0.05) is 11.1 Å². The summed E-state index contributed by atoms with van der Waals surface area (Å²) in [6, 6.07) is 11.3. The smallest absolute Gasteiger partial charge is 0.169 e. The molecule has 2 aromatic carbocycles. The van der Waals surface area contributed by atoms with Crippen molar-refractivity contribution >= 4 is 11.8 Å². The highest BCUT2D eigenvalue weighted by Gasteiger charge is 2.19. The first-order valence-electron chi connectivity index (χ1n) is 8.04. The van der Waals surface area contributed by atoms with Crippen molar-refractivity contribution in [3.8, 4) is 5.75 Å². The minimum Gasteiger partial charge on any atom is -0.544 e. The molecule has 0 fully saturated rings. The van der Waals surface area contributed by atoms with Gasteiger partial charge in [-0.25, -0.2) is 4.39 Å². The fourth-order valence-corrected chi connectivity index (χ4v) is 2.38. The predicted molar refractivity (Wildman–Crippen MR) is 87.4 cm³/mol. The van der Waals surface area contributed by atoms with Gasteiger partial charge in [-0.1, -0.05) is 12.1 Å². The summed E-state index contributed by atoms with van der Waals surface area (Å²) in [5.41, 5.74) is 1.19. The molecule has 0 amide bonds. The Bertz CT molecular complexity index is 713. The van der Waals surface area contributed by atoms with Gasteiger partial charge in [0.25, 0.3) is 0 Å². The van der Waals surface area contributed by atoms with E-state index in [0.717, 1.165) is 5.56 Å². The molecule has 1 atom stereocenters. The van der Waals surface area contributed by atoms with E-state index in [0.29, 0.717) is 24.5 Å². The quantitative estimate of drug-likeness (QED) is 0.678.